The van der Waals surface area contributed by atoms with Crippen molar-refractivity contribution in [2.45, 2.75) is 53.1 Å². The molecule has 0 saturated carbocycles. The quantitative estimate of drug-likeness (QED) is 0.650. The first-order valence-electron chi connectivity index (χ1n) is 10.1. The van der Waals surface area contributed by atoms with Crippen molar-refractivity contribution in [1.29, 1.82) is 0 Å². The van der Waals surface area contributed by atoms with Crippen molar-refractivity contribution in [1.82, 2.24) is 24.8 Å². The van der Waals surface area contributed by atoms with Gasteiger partial charge in [0.2, 0.25) is 0 Å². The van der Waals surface area contributed by atoms with Crippen LogP contribution in [-0.2, 0) is 6.54 Å². The standard InChI is InChI=1S/C22H27N5O3/c1-12(2)11-27-19-18(21(29)26-22(27)30)15(10-17(25-19)13(3)4)20(28)24-14(5)16-8-6-7-9-23-16/h6-10,12-14H,11H2,1-5H3,(H,24,28)(H,26,29,30)/t14-/m0/s1. The van der Waals surface area contributed by atoms with Crippen LogP contribution in [0.2, 0.25) is 0 Å². The third-order valence-corrected chi connectivity index (χ3v) is 4.83. The Bertz CT molecular complexity index is 1180. The second kappa shape index (κ2) is 8.61. The molecule has 0 aliphatic carbocycles. The van der Waals surface area contributed by atoms with Crippen molar-refractivity contribution in [3.63, 3.8) is 0 Å². The molecular weight excluding hydrogens is 382 g/mol. The zero-order chi connectivity index (χ0) is 22.0. The molecular formula is C22H27N5O3. The smallest absolute Gasteiger partial charge is 0.330 e. The van der Waals surface area contributed by atoms with E-state index in [0.717, 1.165) is 0 Å². The SMILES string of the molecule is CC(C)Cn1c(=O)[nH]c(=O)c2c(C(=O)N[C@@H](C)c3ccccn3)cc(C(C)C)nc21. The first-order chi connectivity index (χ1) is 14.2. The minimum Gasteiger partial charge on any atom is -0.344 e. The maximum absolute atomic E-state index is 13.2. The average Bonchev–Trinajstić information content (AvgIpc) is 2.70. The number of aromatic nitrogens is 4. The van der Waals surface area contributed by atoms with Gasteiger partial charge < -0.3 is 5.32 Å². The first-order valence-corrected chi connectivity index (χ1v) is 10.1. The monoisotopic (exact) mass is 409 g/mol. The molecule has 0 fully saturated rings. The third kappa shape index (κ3) is 4.32. The minimum atomic E-state index is -0.617. The van der Waals surface area contributed by atoms with Crippen LogP contribution in [0.1, 0.15) is 68.3 Å². The van der Waals surface area contributed by atoms with Crippen molar-refractivity contribution < 1.29 is 4.79 Å². The molecule has 158 valence electrons. The summed E-state index contributed by atoms with van der Waals surface area (Å²) in [6.07, 6.45) is 1.66. The number of carbonyl (C=O) groups excluding carboxylic acids is 1. The Kier molecular flexibility index (Phi) is 6.14. The molecule has 8 nitrogen and oxygen atoms in total. The van der Waals surface area contributed by atoms with Crippen molar-refractivity contribution in [3.8, 4) is 0 Å². The second-order valence-corrected chi connectivity index (χ2v) is 8.16. The van der Waals surface area contributed by atoms with E-state index in [-0.39, 0.29) is 34.5 Å². The van der Waals surface area contributed by atoms with Gasteiger partial charge in [0.25, 0.3) is 11.5 Å². The van der Waals surface area contributed by atoms with E-state index in [0.29, 0.717) is 17.9 Å². The zero-order valence-corrected chi connectivity index (χ0v) is 17.9. The number of carbonyl (C=O) groups is 1. The van der Waals surface area contributed by atoms with E-state index in [1.54, 1.807) is 18.3 Å². The van der Waals surface area contributed by atoms with Crippen LogP contribution in [-0.4, -0.2) is 25.4 Å². The highest BCUT2D eigenvalue weighted by molar-refractivity contribution is 6.05. The van der Waals surface area contributed by atoms with Crippen LogP contribution in [0.25, 0.3) is 11.0 Å². The number of nitrogens with zero attached hydrogens (tertiary/aromatic N) is 3. The number of rotatable bonds is 6. The first kappa shape index (κ1) is 21.4. The summed E-state index contributed by atoms with van der Waals surface area (Å²) in [5, 5.41) is 3.02. The molecule has 1 atom stereocenters. The van der Waals surface area contributed by atoms with E-state index in [4.69, 9.17) is 0 Å². The number of aromatic amines is 1. The highest BCUT2D eigenvalue weighted by atomic mass is 16.2. The minimum absolute atomic E-state index is 0.0102. The molecule has 3 rings (SSSR count). The number of amides is 1. The van der Waals surface area contributed by atoms with Crippen LogP contribution in [0.15, 0.2) is 40.1 Å². The van der Waals surface area contributed by atoms with Crippen LogP contribution < -0.4 is 16.6 Å². The molecule has 0 aliphatic heterocycles. The van der Waals surface area contributed by atoms with Crippen LogP contribution in [0, 0.1) is 5.92 Å². The Labute approximate surface area is 174 Å². The fourth-order valence-electron chi connectivity index (χ4n) is 3.28. The summed E-state index contributed by atoms with van der Waals surface area (Å²) in [5.41, 5.74) is 0.639. The van der Waals surface area contributed by atoms with E-state index in [9.17, 15) is 14.4 Å². The molecule has 0 bridgehead atoms. The van der Waals surface area contributed by atoms with Gasteiger partial charge in [0.1, 0.15) is 0 Å². The largest absolute Gasteiger partial charge is 0.344 e. The van der Waals surface area contributed by atoms with Gasteiger partial charge in [-0.05, 0) is 37.0 Å². The fraction of sp³-hybridized carbons (Fsp3) is 0.409. The lowest BCUT2D eigenvalue weighted by Crippen LogP contribution is -2.35. The molecule has 1 amide bonds. The lowest BCUT2D eigenvalue weighted by Gasteiger charge is -2.17. The average molecular weight is 409 g/mol. The van der Waals surface area contributed by atoms with E-state index in [2.05, 4.69) is 20.3 Å². The van der Waals surface area contributed by atoms with Gasteiger partial charge >= 0.3 is 5.69 Å². The van der Waals surface area contributed by atoms with Crippen molar-refractivity contribution in [3.05, 3.63) is 68.3 Å². The molecule has 0 unspecified atom stereocenters. The summed E-state index contributed by atoms with van der Waals surface area (Å²) in [7, 11) is 0. The van der Waals surface area contributed by atoms with Crippen LogP contribution in [0.5, 0.6) is 0 Å². The van der Waals surface area contributed by atoms with Crippen LogP contribution in [0.4, 0.5) is 0 Å². The predicted molar refractivity (Wildman–Crippen MR) is 116 cm³/mol. The second-order valence-electron chi connectivity index (χ2n) is 8.16. The summed E-state index contributed by atoms with van der Waals surface area (Å²) in [5.74, 6) is -0.249. The molecule has 0 aromatic carbocycles. The van der Waals surface area contributed by atoms with Gasteiger partial charge in [-0.2, -0.15) is 0 Å². The van der Waals surface area contributed by atoms with E-state index < -0.39 is 17.2 Å². The van der Waals surface area contributed by atoms with Gasteiger partial charge in [-0.1, -0.05) is 33.8 Å². The van der Waals surface area contributed by atoms with Gasteiger partial charge in [0.15, 0.2) is 5.65 Å². The van der Waals surface area contributed by atoms with E-state index in [1.807, 2.05) is 46.8 Å². The van der Waals surface area contributed by atoms with Gasteiger partial charge in [-0.3, -0.25) is 24.1 Å². The number of H-pyrrole nitrogens is 1. The summed E-state index contributed by atoms with van der Waals surface area (Å²) >= 11 is 0. The Morgan fingerprint density at radius 2 is 1.87 bits per heavy atom. The summed E-state index contributed by atoms with van der Waals surface area (Å²) in [6.45, 7) is 10.0. The van der Waals surface area contributed by atoms with Crippen molar-refractivity contribution in [2.24, 2.45) is 5.92 Å². The number of hydrogen-bond donors (Lipinski definition) is 2. The Hall–Kier alpha value is -3.29. The molecule has 0 radical (unpaired) electrons. The molecule has 3 aromatic heterocycles. The zero-order valence-electron chi connectivity index (χ0n) is 17.9. The molecule has 8 heteroatoms. The highest BCUT2D eigenvalue weighted by Gasteiger charge is 2.22. The molecule has 3 aromatic rings. The Morgan fingerprint density at radius 3 is 2.47 bits per heavy atom. The maximum atomic E-state index is 13.2. The van der Waals surface area contributed by atoms with Crippen LogP contribution in [0.3, 0.4) is 0 Å². The molecule has 0 aliphatic rings. The summed E-state index contributed by atoms with van der Waals surface area (Å²) in [6, 6.07) is 6.75. The Balaban J connectivity index is 2.19. The van der Waals surface area contributed by atoms with E-state index in [1.165, 1.54) is 4.57 Å². The maximum Gasteiger partial charge on any atom is 0.330 e. The third-order valence-electron chi connectivity index (χ3n) is 4.83. The summed E-state index contributed by atoms with van der Waals surface area (Å²) < 4.78 is 1.44. The van der Waals surface area contributed by atoms with Crippen LogP contribution >= 0.6 is 0 Å². The Morgan fingerprint density at radius 1 is 1.13 bits per heavy atom. The summed E-state index contributed by atoms with van der Waals surface area (Å²) in [4.78, 5) is 49.5. The van der Waals surface area contributed by atoms with Gasteiger partial charge in [0.05, 0.1) is 22.7 Å². The molecule has 3 heterocycles. The molecule has 0 spiro atoms. The van der Waals surface area contributed by atoms with Crippen molar-refractivity contribution in [2.75, 3.05) is 0 Å². The number of fused-ring (bicyclic) bond motifs is 1. The molecule has 30 heavy (non-hydrogen) atoms. The lowest BCUT2D eigenvalue weighted by molar-refractivity contribution is 0.0940. The fourth-order valence-corrected chi connectivity index (χ4v) is 3.28. The van der Waals surface area contributed by atoms with E-state index >= 15 is 0 Å². The molecule has 0 saturated heterocycles. The topological polar surface area (TPSA) is 110 Å². The van der Waals surface area contributed by atoms with Gasteiger partial charge in [-0.25, -0.2) is 9.78 Å². The molecule has 2 N–H and O–H groups in total. The highest BCUT2D eigenvalue weighted by Crippen LogP contribution is 2.21. The lowest BCUT2D eigenvalue weighted by atomic mass is 10.0. The number of nitrogens with one attached hydrogen (secondary N) is 2. The predicted octanol–water partition coefficient (Wildman–Crippen LogP) is 2.75. The number of pyridine rings is 2. The number of hydrogen-bond acceptors (Lipinski definition) is 5. The van der Waals surface area contributed by atoms with Gasteiger partial charge in [0, 0.05) is 18.4 Å². The van der Waals surface area contributed by atoms with Gasteiger partial charge in [-0.15, -0.1) is 0 Å². The normalized spacial score (nSPS) is 12.5. The van der Waals surface area contributed by atoms with Crippen molar-refractivity contribution >= 4 is 16.9 Å².